The largest absolute Gasteiger partial charge is 0.465 e. The van der Waals surface area contributed by atoms with E-state index in [1.54, 1.807) is 0 Å². The second kappa shape index (κ2) is 7.25. The van der Waals surface area contributed by atoms with Crippen molar-refractivity contribution in [3.63, 3.8) is 0 Å². The van der Waals surface area contributed by atoms with E-state index < -0.39 is 0 Å². The molecule has 1 saturated heterocycles. The van der Waals surface area contributed by atoms with Crippen LogP contribution < -0.4 is 0 Å². The molecule has 0 spiro atoms. The molecular weight excluding hydrogens is 278 g/mol. The Balaban J connectivity index is 1.82. The van der Waals surface area contributed by atoms with Crippen LogP contribution in [0.2, 0.25) is 0 Å². The minimum Gasteiger partial charge on any atom is -0.465 e. The molecule has 122 valence electrons. The van der Waals surface area contributed by atoms with Gasteiger partial charge in [-0.1, -0.05) is 12.1 Å². The minimum absolute atomic E-state index is 0.0590. The van der Waals surface area contributed by atoms with Gasteiger partial charge in [0, 0.05) is 19.6 Å². The second-order valence-electron chi connectivity index (χ2n) is 6.89. The lowest BCUT2D eigenvalue weighted by atomic mass is 10.0. The van der Waals surface area contributed by atoms with Gasteiger partial charge in [0.15, 0.2) is 0 Å². The average Bonchev–Trinajstić information content (AvgIpc) is 2.48. The van der Waals surface area contributed by atoms with Gasteiger partial charge in [0.2, 0.25) is 0 Å². The summed E-state index contributed by atoms with van der Waals surface area (Å²) < 4.78 is 10.8. The first kappa shape index (κ1) is 17.0. The van der Waals surface area contributed by atoms with E-state index in [4.69, 9.17) is 9.47 Å². The van der Waals surface area contributed by atoms with Crippen molar-refractivity contribution in [3.8, 4) is 0 Å². The van der Waals surface area contributed by atoms with Gasteiger partial charge in [0.25, 0.3) is 0 Å². The molecular formula is C18H27NO3. The molecule has 0 radical (unpaired) electrons. The molecule has 0 aliphatic carbocycles. The van der Waals surface area contributed by atoms with Crippen LogP contribution in [0.15, 0.2) is 24.3 Å². The number of piperidine rings is 1. The van der Waals surface area contributed by atoms with Crippen LogP contribution in [0.25, 0.3) is 0 Å². The van der Waals surface area contributed by atoms with Crippen molar-refractivity contribution in [2.45, 2.75) is 51.9 Å². The molecule has 0 saturated carbocycles. The van der Waals surface area contributed by atoms with Crippen LogP contribution in [0, 0.1) is 0 Å². The summed E-state index contributed by atoms with van der Waals surface area (Å²) in [6.45, 7) is 9.37. The quantitative estimate of drug-likeness (QED) is 0.800. The van der Waals surface area contributed by atoms with E-state index in [9.17, 15) is 4.79 Å². The van der Waals surface area contributed by atoms with E-state index in [1.165, 1.54) is 12.7 Å². The van der Waals surface area contributed by atoms with E-state index in [-0.39, 0.29) is 11.6 Å². The van der Waals surface area contributed by atoms with Gasteiger partial charge < -0.3 is 9.47 Å². The zero-order valence-corrected chi connectivity index (χ0v) is 14.1. The average molecular weight is 305 g/mol. The highest BCUT2D eigenvalue weighted by molar-refractivity contribution is 5.89. The van der Waals surface area contributed by atoms with Crippen LogP contribution in [0.4, 0.5) is 0 Å². The Morgan fingerprint density at radius 2 is 1.77 bits per heavy atom. The van der Waals surface area contributed by atoms with Gasteiger partial charge in [-0.25, -0.2) is 4.79 Å². The fourth-order valence-electron chi connectivity index (χ4n) is 2.81. The lowest BCUT2D eigenvalue weighted by molar-refractivity contribution is -0.0827. The lowest BCUT2D eigenvalue weighted by Gasteiger charge is -2.35. The number of hydrogen-bond acceptors (Lipinski definition) is 4. The van der Waals surface area contributed by atoms with Crippen molar-refractivity contribution in [2.75, 3.05) is 20.2 Å². The van der Waals surface area contributed by atoms with E-state index >= 15 is 0 Å². The molecule has 22 heavy (non-hydrogen) atoms. The number of methoxy groups -OCH3 is 1. The molecule has 0 N–H and O–H groups in total. The van der Waals surface area contributed by atoms with Crippen molar-refractivity contribution in [1.82, 2.24) is 4.90 Å². The zero-order chi connectivity index (χ0) is 16.2. The number of rotatable bonds is 4. The van der Waals surface area contributed by atoms with Crippen LogP contribution in [0.1, 0.15) is 49.5 Å². The maximum atomic E-state index is 11.4. The second-order valence-corrected chi connectivity index (χ2v) is 6.89. The van der Waals surface area contributed by atoms with Crippen LogP contribution in [-0.2, 0) is 16.0 Å². The molecule has 1 aliphatic heterocycles. The molecule has 0 aromatic heterocycles. The number of benzene rings is 1. The Morgan fingerprint density at radius 1 is 1.18 bits per heavy atom. The van der Waals surface area contributed by atoms with Gasteiger partial charge in [0.05, 0.1) is 24.4 Å². The summed E-state index contributed by atoms with van der Waals surface area (Å²) in [5, 5.41) is 0. The van der Waals surface area contributed by atoms with Crippen LogP contribution in [0.3, 0.4) is 0 Å². The Labute approximate surface area is 133 Å². The number of hydrogen-bond donors (Lipinski definition) is 0. The highest BCUT2D eigenvalue weighted by atomic mass is 16.5. The van der Waals surface area contributed by atoms with Gasteiger partial charge in [-0.15, -0.1) is 0 Å². The van der Waals surface area contributed by atoms with Crippen molar-refractivity contribution in [3.05, 3.63) is 35.4 Å². The van der Waals surface area contributed by atoms with E-state index in [0.29, 0.717) is 11.7 Å². The number of esters is 1. The Morgan fingerprint density at radius 3 is 2.27 bits per heavy atom. The predicted octanol–water partition coefficient (Wildman–Crippen LogP) is 3.25. The molecule has 1 aromatic rings. The SMILES string of the molecule is COC(=O)c1ccc(CN2CCC(OC(C)(C)C)CC2)cc1. The zero-order valence-electron chi connectivity index (χ0n) is 14.1. The third kappa shape index (κ3) is 5.11. The first-order chi connectivity index (χ1) is 10.4. The maximum Gasteiger partial charge on any atom is 0.337 e. The van der Waals surface area contributed by atoms with E-state index in [2.05, 4.69) is 25.7 Å². The Bertz CT molecular complexity index is 482. The molecule has 0 unspecified atom stereocenters. The number of carbonyl (C=O) groups is 1. The van der Waals surface area contributed by atoms with E-state index in [0.717, 1.165) is 32.5 Å². The summed E-state index contributed by atoms with van der Waals surface area (Å²) in [6, 6.07) is 7.67. The molecule has 4 heteroatoms. The van der Waals surface area contributed by atoms with Gasteiger partial charge in [-0.2, -0.15) is 0 Å². The Hall–Kier alpha value is -1.39. The molecule has 1 aliphatic rings. The highest BCUT2D eigenvalue weighted by Crippen LogP contribution is 2.21. The molecule has 1 fully saturated rings. The van der Waals surface area contributed by atoms with Gasteiger partial charge in [-0.05, 0) is 51.3 Å². The van der Waals surface area contributed by atoms with E-state index in [1.807, 2.05) is 24.3 Å². The number of carbonyl (C=O) groups excluding carboxylic acids is 1. The smallest absolute Gasteiger partial charge is 0.337 e. The molecule has 0 amide bonds. The first-order valence-corrected chi connectivity index (χ1v) is 7.95. The molecule has 1 aromatic carbocycles. The maximum absolute atomic E-state index is 11.4. The predicted molar refractivity (Wildman–Crippen MR) is 86.9 cm³/mol. The number of ether oxygens (including phenoxy) is 2. The molecule has 0 bridgehead atoms. The normalized spacial score (nSPS) is 17.5. The molecule has 1 heterocycles. The molecule has 2 rings (SSSR count). The minimum atomic E-state index is -0.285. The van der Waals surface area contributed by atoms with Gasteiger partial charge in [0.1, 0.15) is 0 Å². The van der Waals surface area contributed by atoms with Crippen molar-refractivity contribution in [1.29, 1.82) is 0 Å². The monoisotopic (exact) mass is 305 g/mol. The van der Waals surface area contributed by atoms with Crippen LogP contribution in [-0.4, -0.2) is 42.8 Å². The Kier molecular flexibility index (Phi) is 5.59. The third-order valence-electron chi connectivity index (χ3n) is 3.84. The standard InChI is InChI=1S/C18H27NO3/c1-18(2,3)22-16-9-11-19(12-10-16)13-14-5-7-15(8-6-14)17(20)21-4/h5-8,16H,9-13H2,1-4H3. The van der Waals surface area contributed by atoms with Crippen LogP contribution >= 0.6 is 0 Å². The molecule has 4 nitrogen and oxygen atoms in total. The summed E-state index contributed by atoms with van der Waals surface area (Å²) in [4.78, 5) is 13.9. The van der Waals surface area contributed by atoms with Crippen molar-refractivity contribution < 1.29 is 14.3 Å². The highest BCUT2D eigenvalue weighted by Gasteiger charge is 2.24. The van der Waals surface area contributed by atoms with Crippen molar-refractivity contribution in [2.24, 2.45) is 0 Å². The summed E-state index contributed by atoms with van der Waals surface area (Å²) in [6.07, 6.45) is 2.53. The topological polar surface area (TPSA) is 38.8 Å². The van der Waals surface area contributed by atoms with Crippen molar-refractivity contribution >= 4 is 5.97 Å². The summed E-state index contributed by atoms with van der Waals surface area (Å²) >= 11 is 0. The van der Waals surface area contributed by atoms with Gasteiger partial charge >= 0.3 is 5.97 Å². The third-order valence-corrected chi connectivity index (χ3v) is 3.84. The molecule has 0 atom stereocenters. The lowest BCUT2D eigenvalue weighted by Crippen LogP contribution is -2.39. The van der Waals surface area contributed by atoms with Crippen LogP contribution in [0.5, 0.6) is 0 Å². The number of likely N-dealkylation sites (tertiary alicyclic amines) is 1. The number of nitrogens with zero attached hydrogens (tertiary/aromatic N) is 1. The summed E-state index contributed by atoms with van der Waals surface area (Å²) in [5.41, 5.74) is 1.77. The van der Waals surface area contributed by atoms with Gasteiger partial charge in [-0.3, -0.25) is 4.90 Å². The summed E-state index contributed by atoms with van der Waals surface area (Å²) in [7, 11) is 1.40. The fourth-order valence-corrected chi connectivity index (χ4v) is 2.81. The fraction of sp³-hybridized carbons (Fsp3) is 0.611. The first-order valence-electron chi connectivity index (χ1n) is 7.95. The summed E-state index contributed by atoms with van der Waals surface area (Å²) in [5.74, 6) is -0.285.